The second-order valence-corrected chi connectivity index (χ2v) is 10.8. The molecular weight excluding hydrogens is 484 g/mol. The SMILES string of the molecule is O=C(CN1CCC(Cn2ccnn2)CC1)Nc1sc2c(c1C(=O)Nc1ccc(Cl)cc1)CCCC2. The lowest BCUT2D eigenvalue weighted by Gasteiger charge is -2.31. The predicted octanol–water partition coefficient (Wildman–Crippen LogP) is 4.47. The molecule has 1 aliphatic heterocycles. The van der Waals surface area contributed by atoms with Gasteiger partial charge >= 0.3 is 0 Å². The fourth-order valence-corrected chi connectivity index (χ4v) is 6.34. The van der Waals surface area contributed by atoms with Crippen LogP contribution < -0.4 is 10.6 Å². The average Bonchev–Trinajstić information content (AvgIpc) is 3.49. The Labute approximate surface area is 213 Å². The molecule has 1 saturated heterocycles. The normalized spacial score (nSPS) is 16.6. The molecule has 10 heteroatoms. The number of benzene rings is 1. The molecule has 1 fully saturated rings. The number of nitrogens with one attached hydrogen (secondary N) is 2. The highest BCUT2D eigenvalue weighted by Crippen LogP contribution is 2.38. The van der Waals surface area contributed by atoms with E-state index in [0.717, 1.165) is 63.7 Å². The van der Waals surface area contributed by atoms with Gasteiger partial charge in [0, 0.05) is 28.3 Å². The molecule has 35 heavy (non-hydrogen) atoms. The van der Waals surface area contributed by atoms with Gasteiger partial charge in [-0.2, -0.15) is 0 Å². The smallest absolute Gasteiger partial charge is 0.258 e. The fourth-order valence-electron chi connectivity index (χ4n) is 4.91. The van der Waals surface area contributed by atoms with E-state index < -0.39 is 0 Å². The Morgan fingerprint density at radius 1 is 1.09 bits per heavy atom. The van der Waals surface area contributed by atoms with E-state index in [9.17, 15) is 9.59 Å². The summed E-state index contributed by atoms with van der Waals surface area (Å²) in [6, 6.07) is 7.06. The molecule has 8 nitrogen and oxygen atoms in total. The lowest BCUT2D eigenvalue weighted by molar-refractivity contribution is -0.117. The highest BCUT2D eigenvalue weighted by molar-refractivity contribution is 7.17. The van der Waals surface area contributed by atoms with Crippen molar-refractivity contribution in [3.05, 3.63) is 57.7 Å². The first-order chi connectivity index (χ1) is 17.0. The topological polar surface area (TPSA) is 92.2 Å². The third-order valence-electron chi connectivity index (χ3n) is 6.74. The number of aromatic nitrogens is 3. The minimum absolute atomic E-state index is 0.0705. The summed E-state index contributed by atoms with van der Waals surface area (Å²) in [5.41, 5.74) is 2.37. The van der Waals surface area contributed by atoms with Crippen LogP contribution in [0.3, 0.4) is 0 Å². The molecule has 2 aliphatic rings. The van der Waals surface area contributed by atoms with Gasteiger partial charge in [0.1, 0.15) is 5.00 Å². The summed E-state index contributed by atoms with van der Waals surface area (Å²) >= 11 is 7.52. The molecule has 3 heterocycles. The van der Waals surface area contributed by atoms with Crippen molar-refractivity contribution in [2.24, 2.45) is 5.92 Å². The van der Waals surface area contributed by atoms with Crippen LogP contribution in [0.15, 0.2) is 36.7 Å². The Hall–Kier alpha value is -2.75. The van der Waals surface area contributed by atoms with Crippen LogP contribution >= 0.6 is 22.9 Å². The van der Waals surface area contributed by atoms with E-state index in [1.165, 1.54) is 4.88 Å². The summed E-state index contributed by atoms with van der Waals surface area (Å²) in [6.07, 6.45) is 9.63. The predicted molar refractivity (Wildman–Crippen MR) is 138 cm³/mol. The van der Waals surface area contributed by atoms with Crippen molar-refractivity contribution in [3.8, 4) is 0 Å². The van der Waals surface area contributed by atoms with E-state index >= 15 is 0 Å². The van der Waals surface area contributed by atoms with E-state index in [4.69, 9.17) is 11.6 Å². The van der Waals surface area contributed by atoms with Gasteiger partial charge in [0.2, 0.25) is 5.91 Å². The van der Waals surface area contributed by atoms with E-state index in [1.807, 2.05) is 10.9 Å². The van der Waals surface area contributed by atoms with E-state index in [1.54, 1.807) is 41.8 Å². The standard InChI is InChI=1S/C25H29ClN6O2S/c26-18-5-7-19(8-6-18)28-24(34)23-20-3-1-2-4-21(20)35-25(23)29-22(33)16-31-12-9-17(10-13-31)15-32-14-11-27-30-32/h5-8,11,14,17H,1-4,9-10,12-13,15-16H2,(H,28,34)(H,29,33). The molecule has 0 radical (unpaired) electrons. The van der Waals surface area contributed by atoms with Gasteiger partial charge in [0.25, 0.3) is 5.91 Å². The van der Waals surface area contributed by atoms with Crippen LogP contribution in [-0.2, 0) is 24.2 Å². The van der Waals surface area contributed by atoms with Crippen molar-refractivity contribution in [1.82, 2.24) is 19.9 Å². The maximum absolute atomic E-state index is 13.3. The molecule has 184 valence electrons. The molecule has 0 bridgehead atoms. The van der Waals surface area contributed by atoms with E-state index in [2.05, 4.69) is 25.8 Å². The van der Waals surface area contributed by atoms with Crippen molar-refractivity contribution in [2.45, 2.75) is 45.1 Å². The number of likely N-dealkylation sites (tertiary alicyclic amines) is 1. The molecule has 3 aromatic rings. The van der Waals surface area contributed by atoms with E-state index in [0.29, 0.717) is 33.7 Å². The van der Waals surface area contributed by atoms with Crippen molar-refractivity contribution in [1.29, 1.82) is 0 Å². The Morgan fingerprint density at radius 3 is 2.60 bits per heavy atom. The van der Waals surface area contributed by atoms with Gasteiger partial charge in [0.05, 0.1) is 18.3 Å². The van der Waals surface area contributed by atoms with Gasteiger partial charge in [-0.05, 0) is 87.4 Å². The van der Waals surface area contributed by atoms with Crippen LogP contribution in [0.25, 0.3) is 0 Å². The Bertz CT molecular complexity index is 1170. The third-order valence-corrected chi connectivity index (χ3v) is 8.20. The molecule has 2 amide bonds. The lowest BCUT2D eigenvalue weighted by atomic mass is 9.95. The second-order valence-electron chi connectivity index (χ2n) is 9.27. The molecule has 0 atom stereocenters. The number of hydrogen-bond acceptors (Lipinski definition) is 6. The van der Waals surface area contributed by atoms with Crippen LogP contribution in [0.4, 0.5) is 10.7 Å². The summed E-state index contributed by atoms with van der Waals surface area (Å²) in [7, 11) is 0. The molecule has 0 saturated carbocycles. The van der Waals surface area contributed by atoms with Gasteiger partial charge in [-0.1, -0.05) is 16.8 Å². The zero-order valence-corrected chi connectivity index (χ0v) is 21.1. The monoisotopic (exact) mass is 512 g/mol. The van der Waals surface area contributed by atoms with Crippen molar-refractivity contribution >= 4 is 45.4 Å². The van der Waals surface area contributed by atoms with Gasteiger partial charge in [-0.3, -0.25) is 19.2 Å². The lowest BCUT2D eigenvalue weighted by Crippen LogP contribution is -2.40. The number of aryl methyl sites for hydroxylation is 1. The molecule has 1 aromatic carbocycles. The Morgan fingerprint density at radius 2 is 1.86 bits per heavy atom. The number of piperidine rings is 1. The molecule has 2 aromatic heterocycles. The van der Waals surface area contributed by atoms with Crippen LogP contribution in [0.2, 0.25) is 5.02 Å². The molecule has 5 rings (SSSR count). The number of fused-ring (bicyclic) bond motifs is 1. The fraction of sp³-hybridized carbons (Fsp3) is 0.440. The van der Waals surface area contributed by atoms with Crippen molar-refractivity contribution < 1.29 is 9.59 Å². The van der Waals surface area contributed by atoms with Crippen LogP contribution in [0, 0.1) is 5.92 Å². The number of carbonyl (C=O) groups is 2. The second kappa shape index (κ2) is 10.9. The first-order valence-corrected chi connectivity index (χ1v) is 13.3. The largest absolute Gasteiger partial charge is 0.322 e. The maximum atomic E-state index is 13.3. The molecule has 0 unspecified atom stereocenters. The number of hydrogen-bond donors (Lipinski definition) is 2. The number of rotatable bonds is 7. The minimum atomic E-state index is -0.184. The number of nitrogens with zero attached hydrogens (tertiary/aromatic N) is 4. The summed E-state index contributed by atoms with van der Waals surface area (Å²) in [4.78, 5) is 29.7. The number of carbonyl (C=O) groups excluding carboxylic acids is 2. The highest BCUT2D eigenvalue weighted by atomic mass is 35.5. The third kappa shape index (κ3) is 5.91. The summed E-state index contributed by atoms with van der Waals surface area (Å²) in [5.74, 6) is 0.290. The Balaban J connectivity index is 1.22. The molecule has 1 aliphatic carbocycles. The Kier molecular flexibility index (Phi) is 7.46. The molecule has 2 N–H and O–H groups in total. The van der Waals surface area contributed by atoms with Crippen LogP contribution in [0.5, 0.6) is 0 Å². The average molecular weight is 513 g/mol. The number of anilines is 2. The van der Waals surface area contributed by atoms with Gasteiger partial charge in [0.15, 0.2) is 0 Å². The first kappa shape index (κ1) is 24.0. The minimum Gasteiger partial charge on any atom is -0.322 e. The quantitative estimate of drug-likeness (QED) is 0.487. The highest BCUT2D eigenvalue weighted by Gasteiger charge is 2.27. The van der Waals surface area contributed by atoms with Gasteiger partial charge < -0.3 is 10.6 Å². The first-order valence-electron chi connectivity index (χ1n) is 12.1. The van der Waals surface area contributed by atoms with Crippen LogP contribution in [0.1, 0.15) is 46.5 Å². The molecular formula is C25H29ClN6O2S. The van der Waals surface area contributed by atoms with Crippen molar-refractivity contribution in [3.63, 3.8) is 0 Å². The summed E-state index contributed by atoms with van der Waals surface area (Å²) in [5, 5.41) is 15.3. The number of amides is 2. The zero-order chi connectivity index (χ0) is 24.2. The molecule has 0 spiro atoms. The number of thiophene rings is 1. The zero-order valence-electron chi connectivity index (χ0n) is 19.5. The van der Waals surface area contributed by atoms with Crippen molar-refractivity contribution in [2.75, 3.05) is 30.3 Å². The summed E-state index contributed by atoms with van der Waals surface area (Å²) in [6.45, 7) is 2.94. The number of halogens is 1. The van der Waals surface area contributed by atoms with E-state index in [-0.39, 0.29) is 11.8 Å². The maximum Gasteiger partial charge on any atom is 0.258 e. The van der Waals surface area contributed by atoms with Crippen LogP contribution in [-0.4, -0.2) is 51.3 Å². The van der Waals surface area contributed by atoms with Gasteiger partial charge in [-0.25, -0.2) is 0 Å². The summed E-state index contributed by atoms with van der Waals surface area (Å²) < 4.78 is 1.88. The van der Waals surface area contributed by atoms with Gasteiger partial charge in [-0.15, -0.1) is 16.4 Å².